The van der Waals surface area contributed by atoms with Crippen LogP contribution in [-0.4, -0.2) is 35.6 Å². The monoisotopic (exact) mass is 449 g/mol. The number of fused-ring (bicyclic) bond motifs is 1. The molecule has 0 unspecified atom stereocenters. The van der Waals surface area contributed by atoms with Crippen molar-refractivity contribution in [2.75, 3.05) is 20.2 Å². The molecule has 1 aliphatic heterocycles. The molecule has 1 amide bonds. The Morgan fingerprint density at radius 2 is 1.97 bits per heavy atom. The molecular weight excluding hydrogens is 418 g/mol. The number of aromatic nitrogens is 1. The van der Waals surface area contributed by atoms with Crippen LogP contribution in [0.2, 0.25) is 0 Å². The van der Waals surface area contributed by atoms with Crippen molar-refractivity contribution in [2.45, 2.75) is 46.3 Å². The lowest BCUT2D eigenvalue weighted by atomic mass is 10.1. The maximum atomic E-state index is 13.3. The number of pyridine rings is 1. The van der Waals surface area contributed by atoms with Crippen molar-refractivity contribution in [1.82, 2.24) is 14.8 Å². The summed E-state index contributed by atoms with van der Waals surface area (Å²) >= 11 is 0. The fourth-order valence-corrected chi connectivity index (χ4v) is 4.39. The minimum Gasteiger partial charge on any atom is -0.496 e. The van der Waals surface area contributed by atoms with Crippen molar-refractivity contribution in [2.24, 2.45) is 0 Å². The van der Waals surface area contributed by atoms with Gasteiger partial charge in [0.15, 0.2) is 0 Å². The van der Waals surface area contributed by atoms with Gasteiger partial charge in [-0.25, -0.2) is 0 Å². The Kier molecular flexibility index (Phi) is 6.70. The van der Waals surface area contributed by atoms with E-state index in [4.69, 9.17) is 9.15 Å². The Bertz CT molecular complexity index is 1200. The molecular formula is C26H31N3O4. The predicted molar refractivity (Wildman–Crippen MR) is 127 cm³/mol. The van der Waals surface area contributed by atoms with E-state index in [0.29, 0.717) is 35.7 Å². The second-order valence-corrected chi connectivity index (χ2v) is 8.68. The number of amides is 1. The molecule has 2 aromatic heterocycles. The predicted octanol–water partition coefficient (Wildman–Crippen LogP) is 3.62. The molecule has 4 rings (SSSR count). The highest BCUT2D eigenvalue weighted by Crippen LogP contribution is 2.25. The maximum Gasteiger partial charge on any atom is 0.257 e. The molecule has 1 N–H and O–H groups in total. The number of furan rings is 1. The van der Waals surface area contributed by atoms with Crippen molar-refractivity contribution in [3.8, 4) is 5.75 Å². The van der Waals surface area contributed by atoms with Crippen LogP contribution in [0.1, 0.15) is 51.5 Å². The summed E-state index contributed by atoms with van der Waals surface area (Å²) < 4.78 is 12.6. The summed E-state index contributed by atoms with van der Waals surface area (Å²) in [5.41, 5.74) is 4.79. The van der Waals surface area contributed by atoms with Gasteiger partial charge >= 0.3 is 0 Å². The minimum atomic E-state index is -0.308. The Morgan fingerprint density at radius 1 is 1.15 bits per heavy atom. The lowest BCUT2D eigenvalue weighted by molar-refractivity contribution is 0.0930. The molecule has 0 saturated carbocycles. The normalized spacial score (nSPS) is 14.9. The molecule has 0 bridgehead atoms. The Balaban J connectivity index is 1.59. The van der Waals surface area contributed by atoms with Crippen LogP contribution in [0.15, 0.2) is 51.9 Å². The quantitative estimate of drug-likeness (QED) is 0.622. The number of carbonyl (C=O) groups excluding carboxylic acids is 1. The van der Waals surface area contributed by atoms with Crippen molar-refractivity contribution in [3.63, 3.8) is 0 Å². The van der Waals surface area contributed by atoms with Crippen LogP contribution in [-0.2, 0) is 19.5 Å². The fourth-order valence-electron chi connectivity index (χ4n) is 4.39. The van der Waals surface area contributed by atoms with Crippen LogP contribution in [0.3, 0.4) is 0 Å². The average Bonchev–Trinajstić information content (AvgIpc) is 3.25. The van der Waals surface area contributed by atoms with Crippen molar-refractivity contribution < 1.29 is 13.9 Å². The molecule has 0 radical (unpaired) electrons. The summed E-state index contributed by atoms with van der Waals surface area (Å²) in [6, 6.07) is 11.2. The van der Waals surface area contributed by atoms with Crippen LogP contribution in [0.25, 0.3) is 0 Å². The first-order valence-corrected chi connectivity index (χ1v) is 11.3. The fraction of sp³-hybridized carbons (Fsp3) is 0.385. The van der Waals surface area contributed by atoms with E-state index in [1.807, 2.05) is 13.0 Å². The lowest BCUT2D eigenvalue weighted by Gasteiger charge is -2.20. The summed E-state index contributed by atoms with van der Waals surface area (Å²) in [7, 11) is 1.49. The molecule has 0 aliphatic carbocycles. The number of methoxy groups -OCH3 is 1. The Hall–Kier alpha value is -3.32. The number of aryl methyl sites for hydroxylation is 2. The molecule has 3 aromatic rings. The maximum absolute atomic E-state index is 13.3. The molecule has 174 valence electrons. The number of benzene rings is 1. The smallest absolute Gasteiger partial charge is 0.257 e. The topological polar surface area (TPSA) is 76.7 Å². The van der Waals surface area contributed by atoms with Gasteiger partial charge in [0.1, 0.15) is 17.1 Å². The first-order chi connectivity index (χ1) is 15.9. The SMILES string of the molecule is COc1cc(=O)n2c(c1C(=O)N[C@H](C)c1ccco1)CCN(Cc1ccc(C)c(C)c1)CC2. The number of ether oxygens (including phenoxy) is 1. The van der Waals surface area contributed by atoms with Crippen LogP contribution in [0.4, 0.5) is 0 Å². The first-order valence-electron chi connectivity index (χ1n) is 11.3. The third kappa shape index (κ3) is 4.88. The van der Waals surface area contributed by atoms with E-state index < -0.39 is 0 Å². The van der Waals surface area contributed by atoms with Gasteiger partial charge in [0.25, 0.3) is 11.5 Å². The Morgan fingerprint density at radius 3 is 2.67 bits per heavy atom. The molecule has 7 heteroatoms. The summed E-state index contributed by atoms with van der Waals surface area (Å²) in [5.74, 6) is 0.696. The van der Waals surface area contributed by atoms with E-state index >= 15 is 0 Å². The molecule has 0 saturated heterocycles. The third-order valence-corrected chi connectivity index (χ3v) is 6.43. The summed E-state index contributed by atoms with van der Waals surface area (Å²) in [5, 5.41) is 2.98. The summed E-state index contributed by atoms with van der Waals surface area (Å²) in [6.07, 6.45) is 2.16. The average molecular weight is 450 g/mol. The summed E-state index contributed by atoms with van der Waals surface area (Å²) in [6.45, 7) is 8.90. The lowest BCUT2D eigenvalue weighted by Crippen LogP contribution is -2.32. The van der Waals surface area contributed by atoms with Crippen molar-refractivity contribution >= 4 is 5.91 Å². The zero-order valence-corrected chi connectivity index (χ0v) is 19.7. The summed E-state index contributed by atoms with van der Waals surface area (Å²) in [4.78, 5) is 28.5. The molecule has 1 atom stereocenters. The van der Waals surface area contributed by atoms with Crippen LogP contribution < -0.4 is 15.6 Å². The van der Waals surface area contributed by atoms with Gasteiger partial charge in [0.05, 0.1) is 19.4 Å². The highest BCUT2D eigenvalue weighted by Gasteiger charge is 2.26. The molecule has 0 spiro atoms. The van der Waals surface area contributed by atoms with E-state index in [9.17, 15) is 9.59 Å². The van der Waals surface area contributed by atoms with Crippen LogP contribution in [0, 0.1) is 13.8 Å². The number of rotatable bonds is 6. The minimum absolute atomic E-state index is 0.148. The van der Waals surface area contributed by atoms with Gasteiger partial charge < -0.3 is 19.0 Å². The third-order valence-electron chi connectivity index (χ3n) is 6.43. The molecule has 0 fully saturated rings. The number of carbonyl (C=O) groups is 1. The zero-order valence-electron chi connectivity index (χ0n) is 19.7. The number of hydrogen-bond donors (Lipinski definition) is 1. The standard InChI is InChI=1S/C26H31N3O4/c1-17-7-8-20(14-18(17)2)16-28-10-9-21-25(23(32-4)15-24(30)29(21)12-11-28)26(31)27-19(3)22-6-5-13-33-22/h5-8,13-15,19H,9-12,16H2,1-4H3,(H,27,31)/t19-/m1/s1. The number of nitrogens with zero attached hydrogens (tertiary/aromatic N) is 2. The van der Waals surface area contributed by atoms with Gasteiger partial charge in [-0.05, 0) is 49.6 Å². The Labute approximate surface area is 194 Å². The van der Waals surface area contributed by atoms with Crippen molar-refractivity contribution in [3.05, 3.63) is 86.7 Å². The van der Waals surface area contributed by atoms with Crippen molar-refractivity contribution in [1.29, 1.82) is 0 Å². The largest absolute Gasteiger partial charge is 0.496 e. The van der Waals surface area contributed by atoms with E-state index in [1.54, 1.807) is 16.9 Å². The first kappa shape index (κ1) is 22.9. The van der Waals surface area contributed by atoms with E-state index in [1.165, 1.54) is 29.9 Å². The van der Waals surface area contributed by atoms with Gasteiger partial charge in [-0.3, -0.25) is 14.5 Å². The van der Waals surface area contributed by atoms with Crippen LogP contribution >= 0.6 is 0 Å². The number of hydrogen-bond acceptors (Lipinski definition) is 5. The van der Waals surface area contributed by atoms with Gasteiger partial charge in [-0.1, -0.05) is 18.2 Å². The molecule has 1 aromatic carbocycles. The molecule has 1 aliphatic rings. The zero-order chi connectivity index (χ0) is 23.5. The second-order valence-electron chi connectivity index (χ2n) is 8.68. The van der Waals surface area contributed by atoms with Gasteiger partial charge in [0, 0.05) is 44.4 Å². The van der Waals surface area contributed by atoms with Gasteiger partial charge in [-0.2, -0.15) is 0 Å². The van der Waals surface area contributed by atoms with Gasteiger partial charge in [-0.15, -0.1) is 0 Å². The molecule has 3 heterocycles. The van der Waals surface area contributed by atoms with Gasteiger partial charge in [0.2, 0.25) is 0 Å². The highest BCUT2D eigenvalue weighted by atomic mass is 16.5. The van der Waals surface area contributed by atoms with Crippen LogP contribution in [0.5, 0.6) is 5.75 Å². The van der Waals surface area contributed by atoms with E-state index in [2.05, 4.69) is 42.3 Å². The van der Waals surface area contributed by atoms with E-state index in [-0.39, 0.29) is 17.5 Å². The molecule has 33 heavy (non-hydrogen) atoms. The molecule has 7 nitrogen and oxygen atoms in total. The number of nitrogens with one attached hydrogen (secondary N) is 1. The highest BCUT2D eigenvalue weighted by molar-refractivity contribution is 5.98. The second kappa shape index (κ2) is 9.67. The van der Waals surface area contributed by atoms with E-state index in [0.717, 1.165) is 19.6 Å².